The zero-order valence-corrected chi connectivity index (χ0v) is 13.6. The maximum atomic E-state index is 12.1. The Bertz CT molecular complexity index is 805. The summed E-state index contributed by atoms with van der Waals surface area (Å²) < 4.78 is 5.74. The molecule has 2 aromatic heterocycles. The number of nitrogens with zero attached hydrogens (tertiary/aromatic N) is 1. The van der Waals surface area contributed by atoms with E-state index in [-0.39, 0.29) is 11.1 Å². The number of nitrogens with one attached hydrogen (secondary N) is 1. The number of rotatable bonds is 5. The predicted octanol–water partition coefficient (Wildman–Crippen LogP) is 4.52. The molecule has 3 aromatic rings. The van der Waals surface area contributed by atoms with E-state index in [4.69, 9.17) is 16.3 Å². The topological polar surface area (TPSA) is 51.2 Å². The van der Waals surface area contributed by atoms with Crippen LogP contribution < -0.4 is 10.1 Å². The highest BCUT2D eigenvalue weighted by atomic mass is 35.5. The van der Waals surface area contributed by atoms with Crippen LogP contribution in [0.4, 0.5) is 0 Å². The van der Waals surface area contributed by atoms with Gasteiger partial charge in [-0.3, -0.25) is 4.79 Å². The number of halogens is 1. The summed E-state index contributed by atoms with van der Waals surface area (Å²) in [6.07, 6.45) is 1.55. The van der Waals surface area contributed by atoms with Gasteiger partial charge in [-0.05, 0) is 36.4 Å². The van der Waals surface area contributed by atoms with E-state index in [1.54, 1.807) is 18.3 Å². The van der Waals surface area contributed by atoms with Gasteiger partial charge in [-0.1, -0.05) is 29.8 Å². The second kappa shape index (κ2) is 7.26. The van der Waals surface area contributed by atoms with Gasteiger partial charge in [0.1, 0.15) is 10.9 Å². The molecule has 116 valence electrons. The summed E-state index contributed by atoms with van der Waals surface area (Å²) in [4.78, 5) is 17.0. The molecule has 1 amide bonds. The van der Waals surface area contributed by atoms with Gasteiger partial charge in [-0.15, -0.1) is 11.3 Å². The molecule has 6 heteroatoms. The highest BCUT2D eigenvalue weighted by molar-refractivity contribution is 7.13. The molecule has 0 atom stereocenters. The van der Waals surface area contributed by atoms with Crippen molar-refractivity contribution in [3.05, 3.63) is 76.4 Å². The molecular weight excluding hydrogens is 332 g/mol. The van der Waals surface area contributed by atoms with Gasteiger partial charge in [0.25, 0.3) is 5.91 Å². The van der Waals surface area contributed by atoms with Gasteiger partial charge in [0, 0.05) is 11.1 Å². The van der Waals surface area contributed by atoms with Crippen molar-refractivity contribution in [1.29, 1.82) is 0 Å². The van der Waals surface area contributed by atoms with E-state index in [1.165, 1.54) is 11.3 Å². The van der Waals surface area contributed by atoms with E-state index in [2.05, 4.69) is 10.3 Å². The summed E-state index contributed by atoms with van der Waals surface area (Å²) in [5.74, 6) is 0.536. The average Bonchev–Trinajstić information content (AvgIpc) is 3.01. The number of hydrogen-bond donors (Lipinski definition) is 1. The average molecular weight is 345 g/mol. The van der Waals surface area contributed by atoms with Crippen LogP contribution in [0.15, 0.2) is 60.8 Å². The lowest BCUT2D eigenvalue weighted by Crippen LogP contribution is -2.22. The summed E-state index contributed by atoms with van der Waals surface area (Å²) in [5, 5.41) is 3.80. The number of para-hydroxylation sites is 1. The Labute approximate surface area is 142 Å². The molecule has 0 aliphatic heterocycles. The lowest BCUT2D eigenvalue weighted by Gasteiger charge is -2.04. The van der Waals surface area contributed by atoms with E-state index < -0.39 is 0 Å². The summed E-state index contributed by atoms with van der Waals surface area (Å²) in [5.41, 5.74) is 0.367. The molecule has 0 spiro atoms. The molecule has 3 rings (SSSR count). The van der Waals surface area contributed by atoms with Crippen LogP contribution in [-0.4, -0.2) is 10.9 Å². The molecule has 0 bridgehead atoms. The van der Waals surface area contributed by atoms with Gasteiger partial charge in [-0.25, -0.2) is 4.98 Å². The third-order valence-corrected chi connectivity index (χ3v) is 4.29. The van der Waals surface area contributed by atoms with Crippen LogP contribution >= 0.6 is 22.9 Å². The molecular formula is C17H13ClN2O2S. The second-order valence-electron chi connectivity index (χ2n) is 4.66. The van der Waals surface area contributed by atoms with Gasteiger partial charge < -0.3 is 10.1 Å². The van der Waals surface area contributed by atoms with E-state index in [9.17, 15) is 4.79 Å². The third kappa shape index (κ3) is 4.09. The highest BCUT2D eigenvalue weighted by Crippen LogP contribution is 2.29. The van der Waals surface area contributed by atoms with Crippen molar-refractivity contribution < 1.29 is 9.53 Å². The smallest absolute Gasteiger partial charge is 0.254 e. The summed E-state index contributed by atoms with van der Waals surface area (Å²) in [6.45, 7) is 0.410. The van der Waals surface area contributed by atoms with Crippen LogP contribution in [0.3, 0.4) is 0 Å². The van der Waals surface area contributed by atoms with Crippen LogP contribution in [0, 0.1) is 0 Å². The van der Waals surface area contributed by atoms with Gasteiger partial charge >= 0.3 is 0 Å². The van der Waals surface area contributed by atoms with E-state index in [1.807, 2.05) is 42.5 Å². The predicted molar refractivity (Wildman–Crippen MR) is 91.3 cm³/mol. The molecule has 4 nitrogen and oxygen atoms in total. The standard InChI is InChI=1S/C17H13ClN2O2S/c18-16-14(7-4-10-19-16)17(21)20-11-13-8-9-15(23-13)22-12-5-2-1-3-6-12/h1-10H,11H2,(H,20,21). The molecule has 0 saturated carbocycles. The molecule has 0 aliphatic rings. The van der Waals surface area contributed by atoms with Crippen molar-refractivity contribution in [2.24, 2.45) is 0 Å². The fraction of sp³-hybridized carbons (Fsp3) is 0.0588. The van der Waals surface area contributed by atoms with Gasteiger partial charge in [0.15, 0.2) is 5.06 Å². The van der Waals surface area contributed by atoms with Gasteiger partial charge in [0.05, 0.1) is 12.1 Å². The van der Waals surface area contributed by atoms with E-state index in [0.29, 0.717) is 12.1 Å². The Kier molecular flexibility index (Phi) is 4.90. The van der Waals surface area contributed by atoms with Crippen molar-refractivity contribution in [1.82, 2.24) is 10.3 Å². The Morgan fingerprint density at radius 2 is 1.96 bits per heavy atom. The summed E-state index contributed by atoms with van der Waals surface area (Å²) in [6, 6.07) is 16.7. The Balaban J connectivity index is 1.59. The minimum Gasteiger partial charge on any atom is -0.447 e. The maximum Gasteiger partial charge on any atom is 0.254 e. The Morgan fingerprint density at radius 1 is 1.13 bits per heavy atom. The number of amides is 1. The largest absolute Gasteiger partial charge is 0.447 e. The fourth-order valence-corrected chi connectivity index (χ4v) is 2.95. The van der Waals surface area contributed by atoms with Crippen LogP contribution in [0.2, 0.25) is 5.15 Å². The monoisotopic (exact) mass is 344 g/mol. The number of benzene rings is 1. The fourth-order valence-electron chi connectivity index (χ4n) is 1.93. The van der Waals surface area contributed by atoms with Crippen LogP contribution in [0.5, 0.6) is 10.8 Å². The minimum absolute atomic E-state index is 0.198. The number of ether oxygens (including phenoxy) is 1. The molecule has 1 N–H and O–H groups in total. The first kappa shape index (κ1) is 15.5. The Morgan fingerprint density at radius 3 is 2.74 bits per heavy atom. The summed E-state index contributed by atoms with van der Waals surface area (Å²) in [7, 11) is 0. The zero-order valence-electron chi connectivity index (χ0n) is 12.0. The number of carbonyl (C=O) groups excluding carboxylic acids is 1. The van der Waals surface area contributed by atoms with Crippen molar-refractivity contribution in [3.8, 4) is 10.8 Å². The van der Waals surface area contributed by atoms with Crippen molar-refractivity contribution in [2.45, 2.75) is 6.54 Å². The Hall–Kier alpha value is -2.37. The number of carbonyl (C=O) groups is 1. The minimum atomic E-state index is -0.248. The quantitative estimate of drug-likeness (QED) is 0.692. The number of hydrogen-bond acceptors (Lipinski definition) is 4. The number of aromatic nitrogens is 1. The van der Waals surface area contributed by atoms with Crippen LogP contribution in [0.1, 0.15) is 15.2 Å². The zero-order chi connectivity index (χ0) is 16.1. The third-order valence-electron chi connectivity index (χ3n) is 3.03. The summed E-state index contributed by atoms with van der Waals surface area (Å²) >= 11 is 7.39. The molecule has 2 heterocycles. The number of thiophene rings is 1. The van der Waals surface area contributed by atoms with Crippen LogP contribution in [0.25, 0.3) is 0 Å². The molecule has 0 unspecified atom stereocenters. The highest BCUT2D eigenvalue weighted by Gasteiger charge is 2.11. The molecule has 0 aliphatic carbocycles. The first-order chi connectivity index (χ1) is 11.2. The first-order valence-corrected chi connectivity index (χ1v) is 8.12. The van der Waals surface area contributed by atoms with Gasteiger partial charge in [0.2, 0.25) is 0 Å². The van der Waals surface area contributed by atoms with Crippen molar-refractivity contribution in [3.63, 3.8) is 0 Å². The molecule has 0 radical (unpaired) electrons. The SMILES string of the molecule is O=C(NCc1ccc(Oc2ccccc2)s1)c1cccnc1Cl. The number of pyridine rings is 1. The second-order valence-corrected chi connectivity index (χ2v) is 6.15. The molecule has 1 aromatic carbocycles. The first-order valence-electron chi connectivity index (χ1n) is 6.93. The maximum absolute atomic E-state index is 12.1. The molecule has 0 saturated heterocycles. The molecule has 23 heavy (non-hydrogen) atoms. The van der Waals surface area contributed by atoms with Crippen molar-refractivity contribution >= 4 is 28.8 Å². The van der Waals surface area contributed by atoms with E-state index >= 15 is 0 Å². The normalized spacial score (nSPS) is 10.3. The van der Waals surface area contributed by atoms with Crippen molar-refractivity contribution in [2.75, 3.05) is 0 Å². The lowest BCUT2D eigenvalue weighted by molar-refractivity contribution is 0.0951. The van der Waals surface area contributed by atoms with E-state index in [0.717, 1.165) is 15.7 Å². The van der Waals surface area contributed by atoms with Crippen LogP contribution in [-0.2, 0) is 6.54 Å². The lowest BCUT2D eigenvalue weighted by atomic mass is 10.2. The molecule has 0 fully saturated rings. The van der Waals surface area contributed by atoms with Gasteiger partial charge in [-0.2, -0.15) is 0 Å².